The Balaban J connectivity index is 0.00000324. The van der Waals surface area contributed by atoms with Gasteiger partial charge >= 0.3 is 0 Å². The largest absolute Gasteiger partial charge is 0.384 e. The molecule has 0 saturated carbocycles. The first kappa shape index (κ1) is 26.4. The van der Waals surface area contributed by atoms with E-state index in [1.54, 1.807) is 0 Å². The summed E-state index contributed by atoms with van der Waals surface area (Å²) in [5, 5.41) is 6.08. The van der Waals surface area contributed by atoms with Gasteiger partial charge in [-0.2, -0.15) is 0 Å². The third-order valence-corrected chi connectivity index (χ3v) is 6.38. The highest BCUT2D eigenvalue weighted by molar-refractivity contribution is 6.18. The molecule has 1 heterocycles. The topological polar surface area (TPSA) is 28.2 Å². The van der Waals surface area contributed by atoms with Crippen molar-refractivity contribution in [1.82, 2.24) is 4.98 Å². The number of rotatable bonds is 12. The number of pyridine rings is 1. The molecule has 4 aromatic rings. The van der Waals surface area contributed by atoms with E-state index in [1.165, 1.54) is 40.6 Å². The van der Waals surface area contributed by atoms with Gasteiger partial charge in [0.2, 0.25) is 0 Å². The smallest absolute Gasteiger partial charge is 0.0730 e. The monoisotopic (exact) mass is 515 g/mol. The van der Waals surface area contributed by atoms with Crippen molar-refractivity contribution >= 4 is 68.8 Å². The van der Waals surface area contributed by atoms with Crippen LogP contribution in [0.1, 0.15) is 24.8 Å². The van der Waals surface area contributed by atoms with Crippen LogP contribution in [0.4, 0.5) is 11.4 Å². The molecule has 0 unspecified atom stereocenters. The number of nitrogens with zero attached hydrogens (tertiary/aromatic N) is 2. The summed E-state index contributed by atoms with van der Waals surface area (Å²) in [5.74, 6) is 1.22. The molecular formula is C28H32Cl3N3. The summed E-state index contributed by atoms with van der Waals surface area (Å²) in [6.45, 7) is 2.61. The van der Waals surface area contributed by atoms with Crippen LogP contribution in [0.2, 0.25) is 0 Å². The SMILES string of the molecule is Cl.ClCCN(CCCl)c1ccc(CCCCCNc2c3ccccc3nc3ccccc23)cc1. The molecule has 0 fully saturated rings. The first-order valence-corrected chi connectivity index (χ1v) is 12.8. The number of nitrogens with one attached hydrogen (secondary N) is 1. The number of fused-ring (bicyclic) bond motifs is 2. The van der Waals surface area contributed by atoms with Crippen molar-refractivity contribution in [2.75, 3.05) is 41.6 Å². The Morgan fingerprint density at radius 2 is 1.29 bits per heavy atom. The van der Waals surface area contributed by atoms with Gasteiger partial charge in [0.25, 0.3) is 0 Å². The first-order chi connectivity index (χ1) is 16.3. The highest BCUT2D eigenvalue weighted by atomic mass is 35.5. The molecule has 3 nitrogen and oxygen atoms in total. The van der Waals surface area contributed by atoms with E-state index >= 15 is 0 Å². The summed E-state index contributed by atoms with van der Waals surface area (Å²) in [5.41, 5.74) is 5.86. The molecular weight excluding hydrogens is 485 g/mol. The van der Waals surface area contributed by atoms with E-state index in [-0.39, 0.29) is 12.4 Å². The number of alkyl halides is 2. The van der Waals surface area contributed by atoms with Gasteiger partial charge in [0.15, 0.2) is 0 Å². The Labute approximate surface area is 218 Å². The van der Waals surface area contributed by atoms with Gasteiger partial charge in [0, 0.05) is 47.9 Å². The number of aryl methyl sites for hydroxylation is 1. The van der Waals surface area contributed by atoms with E-state index < -0.39 is 0 Å². The number of unbranched alkanes of at least 4 members (excludes halogenated alkanes) is 2. The molecule has 0 radical (unpaired) electrons. The minimum atomic E-state index is 0. The number of hydrogen-bond donors (Lipinski definition) is 1. The normalized spacial score (nSPS) is 10.9. The molecule has 34 heavy (non-hydrogen) atoms. The lowest BCUT2D eigenvalue weighted by Gasteiger charge is -2.23. The van der Waals surface area contributed by atoms with Crippen molar-refractivity contribution in [2.45, 2.75) is 25.7 Å². The Kier molecular flexibility index (Phi) is 10.6. The fourth-order valence-corrected chi connectivity index (χ4v) is 4.73. The molecule has 0 aliphatic rings. The Bertz CT molecular complexity index is 1100. The molecule has 0 spiro atoms. The quantitative estimate of drug-likeness (QED) is 0.118. The van der Waals surface area contributed by atoms with E-state index in [9.17, 15) is 0 Å². The van der Waals surface area contributed by atoms with Gasteiger partial charge in [-0.05, 0) is 49.1 Å². The molecule has 6 heteroatoms. The lowest BCUT2D eigenvalue weighted by atomic mass is 10.1. The maximum absolute atomic E-state index is 5.93. The summed E-state index contributed by atoms with van der Waals surface area (Å²) in [6, 6.07) is 25.6. The van der Waals surface area contributed by atoms with Gasteiger partial charge < -0.3 is 10.2 Å². The van der Waals surface area contributed by atoms with Gasteiger partial charge in [-0.3, -0.25) is 0 Å². The minimum Gasteiger partial charge on any atom is -0.384 e. The molecule has 0 aliphatic heterocycles. The van der Waals surface area contributed by atoms with E-state index in [1.807, 2.05) is 12.1 Å². The average molecular weight is 517 g/mol. The molecule has 1 aromatic heterocycles. The summed E-state index contributed by atoms with van der Waals surface area (Å²) in [6.07, 6.45) is 4.63. The third-order valence-electron chi connectivity index (χ3n) is 6.04. The predicted molar refractivity (Wildman–Crippen MR) is 153 cm³/mol. The van der Waals surface area contributed by atoms with Crippen LogP contribution in [0.15, 0.2) is 72.8 Å². The van der Waals surface area contributed by atoms with Crippen LogP contribution in [0, 0.1) is 0 Å². The molecule has 1 N–H and O–H groups in total. The molecule has 180 valence electrons. The Hall–Kier alpha value is -2.20. The zero-order valence-electron chi connectivity index (χ0n) is 19.4. The lowest BCUT2D eigenvalue weighted by Crippen LogP contribution is -2.27. The summed E-state index contributed by atoms with van der Waals surface area (Å²) < 4.78 is 0. The number of halogens is 3. The van der Waals surface area contributed by atoms with E-state index in [4.69, 9.17) is 28.2 Å². The summed E-state index contributed by atoms with van der Waals surface area (Å²) in [7, 11) is 0. The second kappa shape index (κ2) is 13.6. The van der Waals surface area contributed by atoms with Crippen LogP contribution in [0.3, 0.4) is 0 Å². The first-order valence-electron chi connectivity index (χ1n) is 11.8. The van der Waals surface area contributed by atoms with Crippen molar-refractivity contribution < 1.29 is 0 Å². The minimum absolute atomic E-state index is 0. The maximum Gasteiger partial charge on any atom is 0.0730 e. The van der Waals surface area contributed by atoms with Gasteiger partial charge in [-0.15, -0.1) is 35.6 Å². The number of para-hydroxylation sites is 2. The van der Waals surface area contributed by atoms with Crippen LogP contribution < -0.4 is 10.2 Å². The van der Waals surface area contributed by atoms with Crippen LogP contribution in [-0.2, 0) is 6.42 Å². The van der Waals surface area contributed by atoms with Gasteiger partial charge in [-0.25, -0.2) is 4.98 Å². The third kappa shape index (κ3) is 6.69. The zero-order valence-corrected chi connectivity index (χ0v) is 21.7. The molecule has 3 aromatic carbocycles. The van der Waals surface area contributed by atoms with Crippen molar-refractivity contribution in [2.24, 2.45) is 0 Å². The summed E-state index contributed by atoms with van der Waals surface area (Å²) >= 11 is 11.9. The zero-order chi connectivity index (χ0) is 22.9. The molecule has 0 amide bonds. The number of anilines is 2. The number of benzene rings is 3. The second-order valence-corrected chi connectivity index (χ2v) is 9.05. The second-order valence-electron chi connectivity index (χ2n) is 8.29. The lowest BCUT2D eigenvalue weighted by molar-refractivity contribution is 0.698. The van der Waals surface area contributed by atoms with Crippen molar-refractivity contribution in [3.8, 4) is 0 Å². The van der Waals surface area contributed by atoms with Crippen molar-refractivity contribution in [3.05, 3.63) is 78.4 Å². The van der Waals surface area contributed by atoms with Gasteiger partial charge in [0.1, 0.15) is 0 Å². The highest BCUT2D eigenvalue weighted by Gasteiger charge is 2.08. The van der Waals surface area contributed by atoms with Gasteiger partial charge in [-0.1, -0.05) is 55.0 Å². The molecule has 0 aliphatic carbocycles. The standard InChI is InChI=1S/C28H31Cl2N3.ClH/c29-17-20-33(21-18-30)23-15-13-22(14-16-23)8-2-1-7-19-31-28-24-9-3-5-11-26(24)32-27-12-6-4-10-25(27)28;/h3-6,9-16H,1-2,7-8,17-21H2,(H,31,32);1H. The van der Waals surface area contributed by atoms with Crippen LogP contribution in [0.25, 0.3) is 21.8 Å². The summed E-state index contributed by atoms with van der Waals surface area (Å²) in [4.78, 5) is 7.05. The molecule has 0 bridgehead atoms. The molecule has 0 saturated heterocycles. The molecule has 4 rings (SSSR count). The average Bonchev–Trinajstić information content (AvgIpc) is 2.86. The highest BCUT2D eigenvalue weighted by Crippen LogP contribution is 2.30. The Morgan fingerprint density at radius 3 is 1.88 bits per heavy atom. The van der Waals surface area contributed by atoms with Crippen molar-refractivity contribution in [3.63, 3.8) is 0 Å². The van der Waals surface area contributed by atoms with Crippen LogP contribution in [-0.4, -0.2) is 36.4 Å². The fourth-order valence-electron chi connectivity index (χ4n) is 4.32. The van der Waals surface area contributed by atoms with E-state index in [2.05, 4.69) is 70.9 Å². The van der Waals surface area contributed by atoms with Gasteiger partial charge in [0.05, 0.1) is 16.7 Å². The number of hydrogen-bond acceptors (Lipinski definition) is 3. The van der Waals surface area contributed by atoms with Crippen LogP contribution >= 0.6 is 35.6 Å². The van der Waals surface area contributed by atoms with Crippen molar-refractivity contribution in [1.29, 1.82) is 0 Å². The van der Waals surface area contributed by atoms with Crippen LogP contribution in [0.5, 0.6) is 0 Å². The van der Waals surface area contributed by atoms with E-state index in [0.29, 0.717) is 11.8 Å². The predicted octanol–water partition coefficient (Wildman–Crippen LogP) is 7.92. The fraction of sp³-hybridized carbons (Fsp3) is 0.321. The Morgan fingerprint density at radius 1 is 0.706 bits per heavy atom. The molecule has 0 atom stereocenters. The van der Waals surface area contributed by atoms with E-state index in [0.717, 1.165) is 43.5 Å². The number of aromatic nitrogens is 1. The maximum atomic E-state index is 5.93.